The number of hydrogen-bond acceptors (Lipinski definition) is 6. The van der Waals surface area contributed by atoms with Crippen molar-refractivity contribution in [3.63, 3.8) is 0 Å². The van der Waals surface area contributed by atoms with Crippen molar-refractivity contribution in [1.29, 1.82) is 0 Å². The number of carbonyl (C=O) groups is 2. The van der Waals surface area contributed by atoms with Crippen LogP contribution in [0.1, 0.15) is 66.7 Å². The van der Waals surface area contributed by atoms with Crippen molar-refractivity contribution < 1.29 is 29.3 Å². The van der Waals surface area contributed by atoms with Gasteiger partial charge in [0.25, 0.3) is 0 Å². The Labute approximate surface area is 201 Å². The van der Waals surface area contributed by atoms with Crippen molar-refractivity contribution in [2.24, 2.45) is 40.4 Å². The molecule has 186 valence electrons. The van der Waals surface area contributed by atoms with Gasteiger partial charge in [0.15, 0.2) is 5.78 Å². The van der Waals surface area contributed by atoms with Gasteiger partial charge in [-0.3, -0.25) is 4.79 Å². The zero-order valence-electron chi connectivity index (χ0n) is 20.9. The SMILES string of the molecule is CC1=C(C)C(O)C(C(C)C2CCC3C4C5OC5C5(O)CC=CC(=O)C5(C)C4CCC23C)OC1=O. The predicted octanol–water partition coefficient (Wildman–Crippen LogP) is 3.35. The molecule has 0 aromatic rings. The Balaban J connectivity index is 1.31. The number of fused-ring (bicyclic) bond motifs is 8. The summed E-state index contributed by atoms with van der Waals surface area (Å²) in [7, 11) is 0. The van der Waals surface area contributed by atoms with E-state index in [0.717, 1.165) is 25.7 Å². The molecule has 6 rings (SSSR count). The zero-order valence-corrected chi connectivity index (χ0v) is 20.9. The minimum absolute atomic E-state index is 0.0204. The van der Waals surface area contributed by atoms with Crippen LogP contribution in [-0.2, 0) is 19.1 Å². The molecule has 0 bridgehead atoms. The third-order valence-electron chi connectivity index (χ3n) is 11.7. The molecule has 6 heteroatoms. The summed E-state index contributed by atoms with van der Waals surface area (Å²) in [5.41, 5.74) is -0.658. The van der Waals surface area contributed by atoms with Gasteiger partial charge in [-0.1, -0.05) is 19.9 Å². The summed E-state index contributed by atoms with van der Waals surface area (Å²) in [5.74, 6) is 0.821. The molecule has 2 N–H and O–H groups in total. The second-order valence-corrected chi connectivity index (χ2v) is 12.6. The normalized spacial score (nSPS) is 54.6. The van der Waals surface area contributed by atoms with Gasteiger partial charge in [-0.2, -0.15) is 0 Å². The predicted molar refractivity (Wildman–Crippen MR) is 124 cm³/mol. The van der Waals surface area contributed by atoms with Gasteiger partial charge >= 0.3 is 5.97 Å². The van der Waals surface area contributed by atoms with Crippen LogP contribution in [0.5, 0.6) is 0 Å². The molecule has 4 fully saturated rings. The summed E-state index contributed by atoms with van der Waals surface area (Å²) in [5, 5.41) is 22.7. The fourth-order valence-corrected chi connectivity index (χ4v) is 9.42. The molecule has 0 aromatic heterocycles. The van der Waals surface area contributed by atoms with E-state index >= 15 is 0 Å². The number of rotatable bonds is 2. The van der Waals surface area contributed by atoms with Crippen molar-refractivity contribution in [3.05, 3.63) is 23.3 Å². The second-order valence-electron chi connectivity index (χ2n) is 12.6. The Morgan fingerprint density at radius 1 is 1.12 bits per heavy atom. The average molecular weight is 471 g/mol. The minimum atomic E-state index is -1.11. The molecular formula is C28H38O6. The maximum Gasteiger partial charge on any atom is 0.334 e. The van der Waals surface area contributed by atoms with Crippen LogP contribution >= 0.6 is 0 Å². The highest BCUT2D eigenvalue weighted by Gasteiger charge is 2.77. The fraction of sp³-hybridized carbons (Fsp3) is 0.786. The lowest BCUT2D eigenvalue weighted by Gasteiger charge is -2.60. The standard InChI is InChI=1S/C28H38O6/c1-13-14(2)25(31)34-22(21(13)30)15(3)16-8-9-17-20-18(10-12-26(16,17)4)27(5)19(29)7-6-11-28(27,32)24-23(20)33-24/h6-7,15-18,20-24,30,32H,8-12H2,1-5H3. The molecule has 4 aliphatic carbocycles. The van der Waals surface area contributed by atoms with Gasteiger partial charge in [-0.25, -0.2) is 4.79 Å². The molecule has 2 heterocycles. The molecule has 1 saturated heterocycles. The van der Waals surface area contributed by atoms with E-state index < -0.39 is 23.2 Å². The lowest BCUT2D eigenvalue weighted by atomic mass is 9.43. The highest BCUT2D eigenvalue weighted by atomic mass is 16.6. The topological polar surface area (TPSA) is 96.4 Å². The van der Waals surface area contributed by atoms with Gasteiger partial charge in [-0.15, -0.1) is 0 Å². The molecule has 0 radical (unpaired) electrons. The molecule has 3 saturated carbocycles. The van der Waals surface area contributed by atoms with Crippen LogP contribution in [0, 0.1) is 40.4 Å². The van der Waals surface area contributed by atoms with Crippen LogP contribution in [-0.4, -0.2) is 52.0 Å². The van der Waals surface area contributed by atoms with Crippen LogP contribution in [0.25, 0.3) is 0 Å². The third kappa shape index (κ3) is 2.58. The van der Waals surface area contributed by atoms with E-state index in [-0.39, 0.29) is 47.1 Å². The number of epoxide rings is 1. The zero-order chi connectivity index (χ0) is 24.4. The summed E-state index contributed by atoms with van der Waals surface area (Å²) in [6, 6.07) is 0. The minimum Gasteiger partial charge on any atom is -0.456 e. The lowest BCUT2D eigenvalue weighted by Crippen LogP contribution is -2.67. The van der Waals surface area contributed by atoms with Crippen molar-refractivity contribution in [1.82, 2.24) is 0 Å². The lowest BCUT2D eigenvalue weighted by molar-refractivity contribution is -0.183. The first kappa shape index (κ1) is 22.9. The number of hydrogen-bond donors (Lipinski definition) is 2. The molecule has 2 aliphatic heterocycles. The van der Waals surface area contributed by atoms with E-state index in [2.05, 4.69) is 13.8 Å². The quantitative estimate of drug-likeness (QED) is 0.475. The number of carbonyl (C=O) groups excluding carboxylic acids is 2. The number of esters is 1. The van der Waals surface area contributed by atoms with Gasteiger partial charge < -0.3 is 19.7 Å². The van der Waals surface area contributed by atoms with Gasteiger partial charge in [0, 0.05) is 5.57 Å². The maximum atomic E-state index is 13.3. The summed E-state index contributed by atoms with van der Waals surface area (Å²) < 4.78 is 12.0. The first-order valence-electron chi connectivity index (χ1n) is 13.1. The second kappa shape index (κ2) is 7.04. The number of cyclic esters (lactones) is 1. The first-order chi connectivity index (χ1) is 16.0. The van der Waals surface area contributed by atoms with Crippen LogP contribution in [0.4, 0.5) is 0 Å². The molecule has 0 amide bonds. The van der Waals surface area contributed by atoms with Crippen molar-refractivity contribution in [2.75, 3.05) is 0 Å². The monoisotopic (exact) mass is 470 g/mol. The Bertz CT molecular complexity index is 1010. The number of ether oxygens (including phenoxy) is 2. The van der Waals surface area contributed by atoms with E-state index in [1.54, 1.807) is 13.0 Å². The Morgan fingerprint density at radius 2 is 1.85 bits per heavy atom. The number of ketones is 1. The van der Waals surface area contributed by atoms with E-state index in [4.69, 9.17) is 9.47 Å². The van der Waals surface area contributed by atoms with E-state index in [1.807, 2.05) is 19.9 Å². The summed E-state index contributed by atoms with van der Waals surface area (Å²) in [6.45, 7) is 10.0. The number of aliphatic hydroxyl groups excluding tert-OH is 1. The van der Waals surface area contributed by atoms with Gasteiger partial charge in [-0.05, 0) is 99.5 Å². The number of aliphatic hydroxyl groups is 2. The third-order valence-corrected chi connectivity index (χ3v) is 11.7. The van der Waals surface area contributed by atoms with Crippen LogP contribution < -0.4 is 0 Å². The average Bonchev–Trinajstić information content (AvgIpc) is 3.53. The fourth-order valence-electron chi connectivity index (χ4n) is 9.42. The molecular weight excluding hydrogens is 432 g/mol. The molecule has 6 nitrogen and oxygen atoms in total. The van der Waals surface area contributed by atoms with Gasteiger partial charge in [0.1, 0.15) is 23.9 Å². The van der Waals surface area contributed by atoms with Crippen LogP contribution in [0.3, 0.4) is 0 Å². The summed E-state index contributed by atoms with van der Waals surface area (Å²) >= 11 is 0. The summed E-state index contributed by atoms with van der Waals surface area (Å²) in [4.78, 5) is 25.7. The van der Waals surface area contributed by atoms with Crippen molar-refractivity contribution in [2.45, 2.75) is 96.7 Å². The Hall–Kier alpha value is -1.50. The molecule has 6 aliphatic rings. The van der Waals surface area contributed by atoms with Gasteiger partial charge in [0.05, 0.1) is 11.5 Å². The van der Waals surface area contributed by atoms with E-state index in [9.17, 15) is 19.8 Å². The Morgan fingerprint density at radius 3 is 2.59 bits per heavy atom. The molecule has 0 spiro atoms. The van der Waals surface area contributed by atoms with Crippen LogP contribution in [0.2, 0.25) is 0 Å². The van der Waals surface area contributed by atoms with Crippen LogP contribution in [0.15, 0.2) is 23.3 Å². The molecule has 34 heavy (non-hydrogen) atoms. The highest BCUT2D eigenvalue weighted by molar-refractivity contribution is 5.97. The first-order valence-corrected chi connectivity index (χ1v) is 13.1. The molecule has 0 aromatic carbocycles. The van der Waals surface area contributed by atoms with Crippen molar-refractivity contribution >= 4 is 11.8 Å². The summed E-state index contributed by atoms with van der Waals surface area (Å²) in [6.07, 6.45) is 6.36. The number of allylic oxidation sites excluding steroid dienone is 1. The molecule has 12 unspecified atom stereocenters. The van der Waals surface area contributed by atoms with E-state index in [1.165, 1.54) is 0 Å². The van der Waals surface area contributed by atoms with Crippen molar-refractivity contribution in [3.8, 4) is 0 Å². The highest BCUT2D eigenvalue weighted by Crippen LogP contribution is 2.71. The maximum absolute atomic E-state index is 13.3. The van der Waals surface area contributed by atoms with E-state index in [0.29, 0.717) is 29.4 Å². The van der Waals surface area contributed by atoms with Gasteiger partial charge in [0.2, 0.25) is 0 Å². The smallest absolute Gasteiger partial charge is 0.334 e. The largest absolute Gasteiger partial charge is 0.456 e. The Kier molecular flexibility index (Phi) is 4.75. The molecule has 12 atom stereocenters.